The molecule has 6 nitrogen and oxygen atoms in total. The van der Waals surface area contributed by atoms with E-state index in [4.69, 9.17) is 9.59 Å². The van der Waals surface area contributed by atoms with Gasteiger partial charge in [-0.05, 0) is 83.1 Å². The van der Waals surface area contributed by atoms with E-state index in [1.165, 1.54) is 18.7 Å². The fourth-order valence-electron chi connectivity index (χ4n) is 2.60. The Morgan fingerprint density at radius 3 is 2.13 bits per heavy atom. The van der Waals surface area contributed by atoms with Crippen LogP contribution in [-0.4, -0.2) is 57.1 Å². The average Bonchev–Trinajstić information content (AvgIpc) is 2.75. The van der Waals surface area contributed by atoms with Crippen LogP contribution >= 0.6 is 31.9 Å². The van der Waals surface area contributed by atoms with Crippen LogP contribution in [0.1, 0.15) is 22.8 Å². The van der Waals surface area contributed by atoms with E-state index in [0.29, 0.717) is 11.6 Å². The molecule has 0 aliphatic carbocycles. The number of benzene rings is 2. The summed E-state index contributed by atoms with van der Waals surface area (Å²) in [5.41, 5.74) is 2.58. The molecule has 164 valence electrons. The van der Waals surface area contributed by atoms with Crippen molar-refractivity contribution in [3.05, 3.63) is 62.5 Å². The van der Waals surface area contributed by atoms with Crippen molar-refractivity contribution in [1.29, 1.82) is 0 Å². The first-order valence-corrected chi connectivity index (χ1v) is 10.8. The topological polar surface area (TPSA) is 78.5 Å². The van der Waals surface area contributed by atoms with E-state index in [1.807, 2.05) is 50.8 Å². The van der Waals surface area contributed by atoms with Crippen LogP contribution < -0.4 is 10.6 Å². The van der Waals surface area contributed by atoms with Gasteiger partial charge in [0, 0.05) is 45.9 Å². The van der Waals surface area contributed by atoms with Gasteiger partial charge in [0.1, 0.15) is 13.6 Å². The Morgan fingerprint density at radius 1 is 1.07 bits per heavy atom. The number of amides is 1. The number of aryl methyl sites for hydroxylation is 1. The third kappa shape index (κ3) is 10.8. The van der Waals surface area contributed by atoms with E-state index in [2.05, 4.69) is 61.4 Å². The summed E-state index contributed by atoms with van der Waals surface area (Å²) in [5.74, 6) is -0.118. The number of likely N-dealkylation sites (N-methyl/N-ethyl adjacent to an activating group) is 1. The smallest absolute Gasteiger partial charge is 0.255 e. The number of hydrogen-bond donors (Lipinski definition) is 2. The summed E-state index contributed by atoms with van der Waals surface area (Å²) in [6, 6.07) is 13.8. The normalized spacial score (nSPS) is 15.2. The van der Waals surface area contributed by atoms with Crippen molar-refractivity contribution in [2.45, 2.75) is 19.9 Å². The molecule has 1 aliphatic heterocycles. The molecule has 1 unspecified atom stereocenters. The largest absolute Gasteiger partial charge is 0.322 e. The van der Waals surface area contributed by atoms with Crippen molar-refractivity contribution in [2.24, 2.45) is 0 Å². The van der Waals surface area contributed by atoms with E-state index >= 15 is 0 Å². The Labute approximate surface area is 195 Å². The predicted molar refractivity (Wildman–Crippen MR) is 130 cm³/mol. The summed E-state index contributed by atoms with van der Waals surface area (Å²) in [6.07, 6.45) is 0. The fraction of sp³-hybridized carbons (Fsp3) is 0.318. The highest BCUT2D eigenvalue weighted by Gasteiger charge is 2.10. The molecule has 1 aliphatic rings. The molecule has 0 saturated carbocycles. The first kappa shape index (κ1) is 28.1. The molecule has 1 heterocycles. The Balaban J connectivity index is 0.000000585. The minimum atomic E-state index is -0.118. The van der Waals surface area contributed by atoms with Gasteiger partial charge in [-0.1, -0.05) is 17.7 Å². The maximum Gasteiger partial charge on any atom is 0.255 e. The fourth-order valence-corrected chi connectivity index (χ4v) is 3.23. The molecule has 2 aromatic rings. The number of nitrogens with zero attached hydrogens (tertiary/aromatic N) is 1. The maximum atomic E-state index is 12.0. The highest BCUT2D eigenvalue weighted by molar-refractivity contribution is 9.13. The first-order chi connectivity index (χ1) is 14.3. The molecular weight excluding hydrogens is 514 g/mol. The van der Waals surface area contributed by atoms with Crippen LogP contribution in [-0.2, 0) is 9.59 Å². The third-order valence-electron chi connectivity index (χ3n) is 4.06. The molecule has 0 bridgehead atoms. The van der Waals surface area contributed by atoms with E-state index < -0.39 is 0 Å². The molecule has 2 N–H and O–H groups in total. The SMILES string of the molecule is C=O.C=O.CC1CN(C)CCN1.Cc1ccc(NC(=O)c2ccc(Br)c(Br)c2)cc1. The molecule has 0 spiro atoms. The average molecular weight is 543 g/mol. The zero-order chi connectivity index (χ0) is 23.1. The summed E-state index contributed by atoms with van der Waals surface area (Å²) in [4.78, 5) is 30.4. The summed E-state index contributed by atoms with van der Waals surface area (Å²) >= 11 is 6.76. The molecule has 30 heavy (non-hydrogen) atoms. The van der Waals surface area contributed by atoms with E-state index in [1.54, 1.807) is 12.1 Å². The van der Waals surface area contributed by atoms with E-state index in [0.717, 1.165) is 21.2 Å². The number of carbonyl (C=O) groups is 3. The minimum absolute atomic E-state index is 0.118. The number of anilines is 1. The monoisotopic (exact) mass is 541 g/mol. The van der Waals surface area contributed by atoms with Crippen molar-refractivity contribution in [3.63, 3.8) is 0 Å². The lowest BCUT2D eigenvalue weighted by molar-refractivity contribution is -0.0987. The lowest BCUT2D eigenvalue weighted by Gasteiger charge is -2.28. The first-order valence-electron chi connectivity index (χ1n) is 9.18. The maximum absolute atomic E-state index is 12.0. The van der Waals surface area contributed by atoms with Crippen LogP contribution in [0, 0.1) is 6.92 Å². The number of piperazine rings is 1. The van der Waals surface area contributed by atoms with Crippen LogP contribution in [0.25, 0.3) is 0 Å². The minimum Gasteiger partial charge on any atom is -0.322 e. The van der Waals surface area contributed by atoms with Gasteiger partial charge in [-0.25, -0.2) is 0 Å². The summed E-state index contributed by atoms with van der Waals surface area (Å²) in [6.45, 7) is 11.8. The number of rotatable bonds is 2. The van der Waals surface area contributed by atoms with Gasteiger partial charge in [-0.3, -0.25) is 4.79 Å². The standard InChI is InChI=1S/C14H11Br2NO.C6H14N2.2CH2O/c1-9-2-5-11(6-3-9)17-14(18)10-4-7-12(15)13(16)8-10;1-6-5-8(2)4-3-7-6;2*1-2/h2-8H,1H3,(H,17,18);6-7H,3-5H2,1-2H3;2*1H2. The zero-order valence-corrected chi connectivity index (χ0v) is 20.8. The van der Waals surface area contributed by atoms with Gasteiger partial charge in [0.05, 0.1) is 0 Å². The Hall–Kier alpha value is -1.87. The second-order valence-corrected chi connectivity index (χ2v) is 8.28. The summed E-state index contributed by atoms with van der Waals surface area (Å²) < 4.78 is 1.79. The van der Waals surface area contributed by atoms with Crippen LogP contribution in [0.4, 0.5) is 5.69 Å². The Morgan fingerprint density at radius 2 is 1.67 bits per heavy atom. The van der Waals surface area contributed by atoms with Crippen molar-refractivity contribution < 1.29 is 14.4 Å². The van der Waals surface area contributed by atoms with Gasteiger partial charge in [0.15, 0.2) is 0 Å². The van der Waals surface area contributed by atoms with Crippen molar-refractivity contribution in [1.82, 2.24) is 10.2 Å². The number of carbonyl (C=O) groups excluding carboxylic acids is 3. The molecule has 3 rings (SSSR count). The van der Waals surface area contributed by atoms with Gasteiger partial charge in [0.2, 0.25) is 0 Å². The molecule has 0 radical (unpaired) electrons. The van der Waals surface area contributed by atoms with Crippen molar-refractivity contribution in [2.75, 3.05) is 32.0 Å². The number of halogens is 2. The predicted octanol–water partition coefficient (Wildman–Crippen LogP) is 4.31. The molecule has 1 fully saturated rings. The molecule has 1 atom stereocenters. The Bertz CT molecular complexity index is 763. The van der Waals surface area contributed by atoms with Crippen LogP contribution in [0.15, 0.2) is 51.4 Å². The zero-order valence-electron chi connectivity index (χ0n) is 17.6. The lowest BCUT2D eigenvalue weighted by atomic mass is 10.2. The second kappa shape index (κ2) is 15.9. The lowest BCUT2D eigenvalue weighted by Crippen LogP contribution is -2.47. The van der Waals surface area contributed by atoms with Gasteiger partial charge < -0.3 is 25.1 Å². The van der Waals surface area contributed by atoms with Crippen molar-refractivity contribution in [3.8, 4) is 0 Å². The van der Waals surface area contributed by atoms with Crippen LogP contribution in [0.2, 0.25) is 0 Å². The van der Waals surface area contributed by atoms with Gasteiger partial charge in [-0.2, -0.15) is 0 Å². The van der Waals surface area contributed by atoms with Crippen LogP contribution in [0.3, 0.4) is 0 Å². The van der Waals surface area contributed by atoms with Gasteiger partial charge in [0.25, 0.3) is 5.91 Å². The van der Waals surface area contributed by atoms with E-state index in [-0.39, 0.29) is 5.91 Å². The molecule has 1 amide bonds. The van der Waals surface area contributed by atoms with Gasteiger partial charge >= 0.3 is 0 Å². The molecule has 1 saturated heterocycles. The van der Waals surface area contributed by atoms with Gasteiger partial charge in [-0.15, -0.1) is 0 Å². The molecule has 2 aromatic carbocycles. The highest BCUT2D eigenvalue weighted by Crippen LogP contribution is 2.24. The quantitative estimate of drug-likeness (QED) is 0.591. The summed E-state index contributed by atoms with van der Waals surface area (Å²) in [7, 11) is 2.16. The van der Waals surface area contributed by atoms with Crippen LogP contribution in [0.5, 0.6) is 0 Å². The second-order valence-electron chi connectivity index (χ2n) is 6.57. The van der Waals surface area contributed by atoms with Crippen molar-refractivity contribution >= 4 is 57.0 Å². The molecular formula is C22H29Br2N3O3. The highest BCUT2D eigenvalue weighted by atomic mass is 79.9. The molecule has 0 aromatic heterocycles. The number of nitrogens with one attached hydrogen (secondary N) is 2. The van der Waals surface area contributed by atoms with E-state index in [9.17, 15) is 4.79 Å². The molecule has 8 heteroatoms. The Kier molecular flexibility index (Phi) is 14.9. The number of hydrogen-bond acceptors (Lipinski definition) is 5. The summed E-state index contributed by atoms with van der Waals surface area (Å²) in [5, 5.41) is 6.23. The third-order valence-corrected chi connectivity index (χ3v) is 5.94.